The Morgan fingerprint density at radius 2 is 2.20 bits per heavy atom. The van der Waals surface area contributed by atoms with Crippen LogP contribution in [0.1, 0.15) is 30.1 Å². The van der Waals surface area contributed by atoms with Gasteiger partial charge in [-0.15, -0.1) is 0 Å². The fraction of sp³-hybridized carbons (Fsp3) is 0.571. The number of likely N-dealkylation sites (tertiary alicyclic amines) is 1. The highest BCUT2D eigenvalue weighted by molar-refractivity contribution is 5.93. The van der Waals surface area contributed by atoms with Crippen LogP contribution in [-0.4, -0.2) is 48.1 Å². The summed E-state index contributed by atoms with van der Waals surface area (Å²) in [7, 11) is 0. The van der Waals surface area contributed by atoms with Crippen LogP contribution in [0, 0.1) is 0 Å². The third kappa shape index (κ3) is 2.20. The quantitative estimate of drug-likeness (QED) is 0.824. The number of ether oxygens (including phenoxy) is 1. The Bertz CT molecular complexity index is 503. The van der Waals surface area contributed by atoms with Crippen LogP contribution in [0.2, 0.25) is 0 Å². The van der Waals surface area contributed by atoms with Gasteiger partial charge < -0.3 is 19.4 Å². The summed E-state index contributed by atoms with van der Waals surface area (Å²) in [5, 5.41) is 2.93. The molecule has 1 aromatic rings. The van der Waals surface area contributed by atoms with E-state index in [1.807, 2.05) is 11.8 Å². The van der Waals surface area contributed by atoms with Gasteiger partial charge in [-0.1, -0.05) is 0 Å². The third-order valence-electron chi connectivity index (χ3n) is 4.32. The number of morpholine rings is 1. The van der Waals surface area contributed by atoms with Gasteiger partial charge in [-0.2, -0.15) is 0 Å². The highest BCUT2D eigenvalue weighted by Crippen LogP contribution is 2.32. The number of nitrogens with one attached hydrogen (secondary N) is 1. The van der Waals surface area contributed by atoms with Crippen molar-refractivity contribution in [3.05, 3.63) is 24.2 Å². The van der Waals surface area contributed by atoms with E-state index in [-0.39, 0.29) is 30.1 Å². The Balaban J connectivity index is 1.65. The molecule has 6 heteroatoms. The minimum atomic E-state index is -0.332. The van der Waals surface area contributed by atoms with E-state index in [1.54, 1.807) is 6.07 Å². The highest BCUT2D eigenvalue weighted by Gasteiger charge is 2.44. The maximum absolute atomic E-state index is 12.2. The van der Waals surface area contributed by atoms with Crippen molar-refractivity contribution in [2.45, 2.75) is 31.4 Å². The molecule has 1 aromatic heterocycles. The fourth-order valence-electron chi connectivity index (χ4n) is 2.98. The summed E-state index contributed by atoms with van der Waals surface area (Å²) in [6.45, 7) is 3.33. The van der Waals surface area contributed by atoms with Crippen LogP contribution in [0.5, 0.6) is 0 Å². The molecule has 20 heavy (non-hydrogen) atoms. The van der Waals surface area contributed by atoms with Gasteiger partial charge in [-0.05, 0) is 25.8 Å². The molecule has 6 nitrogen and oxygen atoms in total. The van der Waals surface area contributed by atoms with Crippen LogP contribution >= 0.6 is 0 Å². The third-order valence-corrected chi connectivity index (χ3v) is 4.32. The van der Waals surface area contributed by atoms with E-state index in [9.17, 15) is 9.59 Å². The average molecular weight is 278 g/mol. The Labute approximate surface area is 117 Å². The van der Waals surface area contributed by atoms with Crippen molar-refractivity contribution in [3.8, 4) is 0 Å². The molecule has 1 unspecified atom stereocenters. The van der Waals surface area contributed by atoms with Crippen molar-refractivity contribution < 1.29 is 18.7 Å². The molecule has 2 fully saturated rings. The molecule has 1 spiro atoms. The normalized spacial score (nSPS) is 25.6. The molecule has 2 aliphatic rings. The van der Waals surface area contributed by atoms with Gasteiger partial charge in [0, 0.05) is 13.1 Å². The van der Waals surface area contributed by atoms with Gasteiger partial charge in [0.15, 0.2) is 0 Å². The fourth-order valence-corrected chi connectivity index (χ4v) is 2.98. The zero-order chi connectivity index (χ0) is 14.2. The molecule has 0 aromatic carbocycles. The largest absolute Gasteiger partial charge is 0.472 e. The SMILES string of the molecule is CC1NC(=O)COC12CCN(C(=O)c1ccoc1)CC2. The monoisotopic (exact) mass is 278 g/mol. The lowest BCUT2D eigenvalue weighted by molar-refractivity contribution is -0.158. The summed E-state index contributed by atoms with van der Waals surface area (Å²) in [5.74, 6) is -0.0823. The van der Waals surface area contributed by atoms with Gasteiger partial charge in [0.25, 0.3) is 5.91 Å². The second-order valence-electron chi connectivity index (χ2n) is 5.45. The molecule has 2 aliphatic heterocycles. The molecule has 3 rings (SSSR count). The van der Waals surface area contributed by atoms with E-state index in [1.165, 1.54) is 12.5 Å². The number of carbonyl (C=O) groups excluding carboxylic acids is 2. The number of hydrogen-bond donors (Lipinski definition) is 1. The van der Waals surface area contributed by atoms with Gasteiger partial charge in [0.05, 0.1) is 23.5 Å². The summed E-state index contributed by atoms with van der Waals surface area (Å²) < 4.78 is 10.7. The number of rotatable bonds is 1. The second kappa shape index (κ2) is 4.94. The summed E-state index contributed by atoms with van der Waals surface area (Å²) in [4.78, 5) is 25.3. The standard InChI is InChI=1S/C14H18N2O4/c1-10-14(20-9-12(17)15-10)3-5-16(6-4-14)13(18)11-2-7-19-8-11/h2,7-8,10H,3-6,9H2,1H3,(H,15,17). The van der Waals surface area contributed by atoms with E-state index in [0.29, 0.717) is 18.7 Å². The molecule has 3 heterocycles. The van der Waals surface area contributed by atoms with Crippen molar-refractivity contribution in [2.24, 2.45) is 0 Å². The van der Waals surface area contributed by atoms with Gasteiger partial charge in [-0.3, -0.25) is 9.59 Å². The predicted molar refractivity (Wildman–Crippen MR) is 70.1 cm³/mol. The second-order valence-corrected chi connectivity index (χ2v) is 5.45. The van der Waals surface area contributed by atoms with Crippen LogP contribution in [0.15, 0.2) is 23.0 Å². The Hall–Kier alpha value is -1.82. The summed E-state index contributed by atoms with van der Waals surface area (Å²) in [6, 6.07) is 1.65. The van der Waals surface area contributed by atoms with Crippen molar-refractivity contribution in [3.63, 3.8) is 0 Å². The Morgan fingerprint density at radius 3 is 2.80 bits per heavy atom. The van der Waals surface area contributed by atoms with Crippen LogP contribution in [0.4, 0.5) is 0 Å². The van der Waals surface area contributed by atoms with Crippen LogP contribution in [0.3, 0.4) is 0 Å². The number of hydrogen-bond acceptors (Lipinski definition) is 4. The lowest BCUT2D eigenvalue weighted by Gasteiger charge is -2.47. The first-order valence-corrected chi connectivity index (χ1v) is 6.85. The average Bonchev–Trinajstić information content (AvgIpc) is 2.98. The van der Waals surface area contributed by atoms with E-state index in [2.05, 4.69) is 5.32 Å². The highest BCUT2D eigenvalue weighted by atomic mass is 16.5. The van der Waals surface area contributed by atoms with Crippen molar-refractivity contribution >= 4 is 11.8 Å². The number of piperidine rings is 1. The van der Waals surface area contributed by atoms with E-state index >= 15 is 0 Å². The number of furan rings is 1. The Kier molecular flexibility index (Phi) is 3.25. The molecule has 0 bridgehead atoms. The van der Waals surface area contributed by atoms with Crippen LogP contribution in [0.25, 0.3) is 0 Å². The first-order valence-electron chi connectivity index (χ1n) is 6.85. The zero-order valence-electron chi connectivity index (χ0n) is 11.4. The lowest BCUT2D eigenvalue weighted by atomic mass is 9.83. The molecule has 2 amide bonds. The number of amides is 2. The minimum absolute atomic E-state index is 0.0129. The van der Waals surface area contributed by atoms with E-state index in [4.69, 9.17) is 9.15 Å². The van der Waals surface area contributed by atoms with Gasteiger partial charge in [0.2, 0.25) is 5.91 Å². The molecule has 2 saturated heterocycles. The lowest BCUT2D eigenvalue weighted by Crippen LogP contribution is -2.63. The Morgan fingerprint density at radius 1 is 1.45 bits per heavy atom. The van der Waals surface area contributed by atoms with Gasteiger partial charge >= 0.3 is 0 Å². The summed E-state index contributed by atoms with van der Waals surface area (Å²) in [6.07, 6.45) is 4.43. The molecular weight excluding hydrogens is 260 g/mol. The van der Waals surface area contributed by atoms with Crippen molar-refractivity contribution in [2.75, 3.05) is 19.7 Å². The first kappa shape index (κ1) is 13.2. The van der Waals surface area contributed by atoms with Gasteiger partial charge in [-0.25, -0.2) is 0 Å². The van der Waals surface area contributed by atoms with Crippen LogP contribution < -0.4 is 5.32 Å². The van der Waals surface area contributed by atoms with Crippen molar-refractivity contribution in [1.82, 2.24) is 10.2 Å². The smallest absolute Gasteiger partial charge is 0.257 e. The minimum Gasteiger partial charge on any atom is -0.472 e. The van der Waals surface area contributed by atoms with Gasteiger partial charge in [0.1, 0.15) is 12.9 Å². The van der Waals surface area contributed by atoms with Crippen LogP contribution in [-0.2, 0) is 9.53 Å². The molecule has 0 aliphatic carbocycles. The predicted octanol–water partition coefficient (Wildman–Crippen LogP) is 0.789. The molecular formula is C14H18N2O4. The summed E-state index contributed by atoms with van der Waals surface area (Å²) >= 11 is 0. The maximum Gasteiger partial charge on any atom is 0.257 e. The summed E-state index contributed by atoms with van der Waals surface area (Å²) in [5.41, 5.74) is 0.244. The molecule has 1 atom stereocenters. The first-order chi connectivity index (χ1) is 9.61. The van der Waals surface area contributed by atoms with Crippen molar-refractivity contribution in [1.29, 1.82) is 0 Å². The number of carbonyl (C=O) groups is 2. The molecule has 108 valence electrons. The maximum atomic E-state index is 12.2. The van der Waals surface area contributed by atoms with E-state index < -0.39 is 0 Å². The van der Waals surface area contributed by atoms with E-state index in [0.717, 1.165) is 12.8 Å². The zero-order valence-corrected chi connectivity index (χ0v) is 11.4. The molecule has 0 saturated carbocycles. The molecule has 0 radical (unpaired) electrons. The topological polar surface area (TPSA) is 71.8 Å². The molecule has 1 N–H and O–H groups in total. The number of nitrogens with zero attached hydrogens (tertiary/aromatic N) is 1.